The highest BCUT2D eigenvalue weighted by Crippen LogP contribution is 2.27. The molecule has 0 aliphatic carbocycles. The van der Waals surface area contributed by atoms with Gasteiger partial charge in [0.05, 0.1) is 12.2 Å². The summed E-state index contributed by atoms with van der Waals surface area (Å²) in [6.45, 7) is 4.81. The Morgan fingerprint density at radius 3 is 1.95 bits per heavy atom. The minimum Gasteiger partial charge on any atom is -0.480 e. The number of nitrogen functional groups attached to an aromatic ring is 1. The molecule has 0 amide bonds. The minimum atomic E-state index is -2.02. The third kappa shape index (κ3) is 4.46. The van der Waals surface area contributed by atoms with Gasteiger partial charge in [0.2, 0.25) is 0 Å². The number of hydrogen-bond donors (Lipinski definition) is 3. The summed E-state index contributed by atoms with van der Waals surface area (Å²) in [6, 6.07) is 6.45. The SMILES string of the molecule is CC(C)(C)OCC(Cc1ccc(N)cc1)(C(=O)O)C(=O)O. The van der Waals surface area contributed by atoms with E-state index in [1.165, 1.54) is 0 Å². The zero-order valence-electron chi connectivity index (χ0n) is 12.4. The summed E-state index contributed by atoms with van der Waals surface area (Å²) < 4.78 is 5.43. The zero-order valence-corrected chi connectivity index (χ0v) is 12.4. The second-order valence-electron chi connectivity index (χ2n) is 6.01. The quantitative estimate of drug-likeness (QED) is 0.545. The maximum atomic E-state index is 11.6. The van der Waals surface area contributed by atoms with Crippen LogP contribution in [0.25, 0.3) is 0 Å². The highest BCUT2D eigenvalue weighted by Gasteiger charge is 2.48. The van der Waals surface area contributed by atoms with Crippen LogP contribution < -0.4 is 5.73 Å². The molecule has 0 atom stereocenters. The molecule has 0 heterocycles. The van der Waals surface area contributed by atoms with E-state index < -0.39 is 29.6 Å². The number of carbonyl (C=O) groups is 2. The number of carboxylic acids is 2. The highest BCUT2D eigenvalue weighted by molar-refractivity contribution is 5.98. The molecule has 6 heteroatoms. The Morgan fingerprint density at radius 2 is 1.57 bits per heavy atom. The van der Waals surface area contributed by atoms with Gasteiger partial charge in [0.25, 0.3) is 0 Å². The van der Waals surface area contributed by atoms with Crippen molar-refractivity contribution >= 4 is 17.6 Å². The first-order valence-corrected chi connectivity index (χ1v) is 6.52. The third-order valence-electron chi connectivity index (χ3n) is 3.06. The summed E-state index contributed by atoms with van der Waals surface area (Å²) in [6.07, 6.45) is -0.173. The standard InChI is InChI=1S/C15H21NO5/c1-14(2,3)21-9-15(12(17)18,13(19)20)8-10-4-6-11(16)7-5-10/h4-7H,8-9,16H2,1-3H3,(H,17,18)(H,19,20). The monoisotopic (exact) mass is 295 g/mol. The molecular weight excluding hydrogens is 274 g/mol. The lowest BCUT2D eigenvalue weighted by Gasteiger charge is -2.29. The van der Waals surface area contributed by atoms with E-state index >= 15 is 0 Å². The second-order valence-corrected chi connectivity index (χ2v) is 6.01. The average molecular weight is 295 g/mol. The van der Waals surface area contributed by atoms with Crippen molar-refractivity contribution in [2.45, 2.75) is 32.8 Å². The molecule has 6 nitrogen and oxygen atoms in total. The molecule has 21 heavy (non-hydrogen) atoms. The fraction of sp³-hybridized carbons (Fsp3) is 0.467. The van der Waals surface area contributed by atoms with Crippen LogP contribution in [-0.4, -0.2) is 34.4 Å². The molecule has 4 N–H and O–H groups in total. The molecule has 0 radical (unpaired) electrons. The van der Waals surface area contributed by atoms with E-state index in [9.17, 15) is 19.8 Å². The molecule has 1 aromatic carbocycles. The number of nitrogens with two attached hydrogens (primary N) is 1. The zero-order chi connectivity index (χ0) is 16.3. The molecule has 0 aromatic heterocycles. The molecule has 0 saturated carbocycles. The molecule has 0 spiro atoms. The number of ether oxygens (including phenoxy) is 1. The summed E-state index contributed by atoms with van der Waals surface area (Å²) in [4.78, 5) is 23.1. The maximum Gasteiger partial charge on any atom is 0.323 e. The number of benzene rings is 1. The number of hydrogen-bond acceptors (Lipinski definition) is 4. The van der Waals surface area contributed by atoms with E-state index in [0.717, 1.165) is 0 Å². The summed E-state index contributed by atoms with van der Waals surface area (Å²) in [5.41, 5.74) is 4.02. The van der Waals surface area contributed by atoms with Gasteiger partial charge in [0.1, 0.15) is 0 Å². The van der Waals surface area contributed by atoms with Crippen molar-refractivity contribution in [1.82, 2.24) is 0 Å². The lowest BCUT2D eigenvalue weighted by atomic mass is 9.82. The van der Waals surface area contributed by atoms with Crippen molar-refractivity contribution in [3.05, 3.63) is 29.8 Å². The molecule has 0 aliphatic heterocycles. The number of anilines is 1. The van der Waals surface area contributed by atoms with Crippen molar-refractivity contribution in [3.63, 3.8) is 0 Å². The Kier molecular flexibility index (Phi) is 4.96. The number of carboxylic acid groups (broad SMARTS) is 2. The normalized spacial score (nSPS) is 12.1. The third-order valence-corrected chi connectivity index (χ3v) is 3.06. The summed E-state index contributed by atoms with van der Waals surface area (Å²) in [5, 5.41) is 18.8. The largest absolute Gasteiger partial charge is 0.480 e. The first-order valence-electron chi connectivity index (χ1n) is 6.52. The summed E-state index contributed by atoms with van der Waals surface area (Å²) >= 11 is 0. The second kappa shape index (κ2) is 6.13. The Morgan fingerprint density at radius 1 is 1.10 bits per heavy atom. The van der Waals surface area contributed by atoms with Crippen LogP contribution >= 0.6 is 0 Å². The van der Waals surface area contributed by atoms with Gasteiger partial charge < -0.3 is 20.7 Å². The van der Waals surface area contributed by atoms with Crippen molar-refractivity contribution < 1.29 is 24.5 Å². The molecule has 1 aromatic rings. The van der Waals surface area contributed by atoms with Gasteiger partial charge in [-0.15, -0.1) is 0 Å². The fourth-order valence-electron chi connectivity index (χ4n) is 1.74. The lowest BCUT2D eigenvalue weighted by molar-refractivity contribution is -0.173. The van der Waals surface area contributed by atoms with Crippen LogP contribution in [0.4, 0.5) is 5.69 Å². The van der Waals surface area contributed by atoms with E-state index in [2.05, 4.69) is 0 Å². The van der Waals surface area contributed by atoms with E-state index in [0.29, 0.717) is 11.3 Å². The van der Waals surface area contributed by atoms with Crippen molar-refractivity contribution in [2.75, 3.05) is 12.3 Å². The Hall–Kier alpha value is -2.08. The van der Waals surface area contributed by atoms with Gasteiger partial charge in [0.15, 0.2) is 5.41 Å². The molecule has 0 bridgehead atoms. The molecule has 0 fully saturated rings. The van der Waals surface area contributed by atoms with E-state index in [1.54, 1.807) is 45.0 Å². The Balaban J connectivity index is 3.08. The topological polar surface area (TPSA) is 110 Å². The predicted octanol–water partition coefficient (Wildman–Crippen LogP) is 1.78. The van der Waals surface area contributed by atoms with Gasteiger partial charge in [0, 0.05) is 12.1 Å². The van der Waals surface area contributed by atoms with Crippen LogP contribution in [0.3, 0.4) is 0 Å². The smallest absolute Gasteiger partial charge is 0.323 e. The predicted molar refractivity (Wildman–Crippen MR) is 78.0 cm³/mol. The van der Waals surface area contributed by atoms with Gasteiger partial charge in [-0.1, -0.05) is 12.1 Å². The van der Waals surface area contributed by atoms with Crippen LogP contribution in [0.15, 0.2) is 24.3 Å². The molecule has 0 unspecified atom stereocenters. The van der Waals surface area contributed by atoms with Crippen molar-refractivity contribution in [2.24, 2.45) is 5.41 Å². The first kappa shape index (κ1) is 17.0. The Bertz CT molecular complexity index is 502. The minimum absolute atomic E-state index is 0.173. The molecule has 0 aliphatic rings. The van der Waals surface area contributed by atoms with Crippen LogP contribution in [0, 0.1) is 5.41 Å². The van der Waals surface area contributed by atoms with Gasteiger partial charge >= 0.3 is 11.9 Å². The summed E-state index contributed by atoms with van der Waals surface area (Å²) in [5.74, 6) is -2.84. The highest BCUT2D eigenvalue weighted by atomic mass is 16.5. The summed E-state index contributed by atoms with van der Waals surface area (Å²) in [7, 11) is 0. The van der Waals surface area contributed by atoms with Crippen LogP contribution in [0.2, 0.25) is 0 Å². The van der Waals surface area contributed by atoms with E-state index in [1.807, 2.05) is 0 Å². The molecule has 116 valence electrons. The number of aliphatic carboxylic acids is 2. The van der Waals surface area contributed by atoms with Crippen LogP contribution in [-0.2, 0) is 20.7 Å². The van der Waals surface area contributed by atoms with Crippen molar-refractivity contribution in [1.29, 1.82) is 0 Å². The average Bonchev–Trinajstić information content (AvgIpc) is 2.35. The van der Waals surface area contributed by atoms with Gasteiger partial charge in [-0.25, -0.2) is 0 Å². The van der Waals surface area contributed by atoms with Gasteiger partial charge in [-0.05, 0) is 38.5 Å². The number of rotatable bonds is 6. The lowest BCUT2D eigenvalue weighted by Crippen LogP contribution is -2.47. The van der Waals surface area contributed by atoms with Crippen LogP contribution in [0.5, 0.6) is 0 Å². The molecule has 0 saturated heterocycles. The fourth-order valence-corrected chi connectivity index (χ4v) is 1.74. The molecule has 1 rings (SSSR count). The first-order chi connectivity index (χ1) is 9.57. The maximum absolute atomic E-state index is 11.6. The van der Waals surface area contributed by atoms with E-state index in [-0.39, 0.29) is 6.42 Å². The van der Waals surface area contributed by atoms with Gasteiger partial charge in [-0.3, -0.25) is 9.59 Å². The van der Waals surface area contributed by atoms with E-state index in [4.69, 9.17) is 10.5 Å². The van der Waals surface area contributed by atoms with Gasteiger partial charge in [-0.2, -0.15) is 0 Å². The molecular formula is C15H21NO5. The van der Waals surface area contributed by atoms with Crippen LogP contribution in [0.1, 0.15) is 26.3 Å². The van der Waals surface area contributed by atoms with Crippen molar-refractivity contribution in [3.8, 4) is 0 Å². The Labute approximate surface area is 123 Å².